The first-order valence-electron chi connectivity index (χ1n) is 4.90. The molecule has 0 aromatic rings. The lowest BCUT2D eigenvalue weighted by Crippen LogP contribution is -2.27. The minimum absolute atomic E-state index is 0.534. The lowest BCUT2D eigenvalue weighted by molar-refractivity contribution is 0.104. The SMILES string of the molecule is CNCCNCCC1CCCO1. The summed E-state index contributed by atoms with van der Waals surface area (Å²) in [7, 11) is 1.97. The molecule has 1 atom stereocenters. The summed E-state index contributed by atoms with van der Waals surface area (Å²) in [6.45, 7) is 4.17. The van der Waals surface area contributed by atoms with E-state index in [2.05, 4.69) is 10.6 Å². The topological polar surface area (TPSA) is 33.3 Å². The Balaban J connectivity index is 1.81. The van der Waals surface area contributed by atoms with Crippen molar-refractivity contribution in [3.63, 3.8) is 0 Å². The van der Waals surface area contributed by atoms with Gasteiger partial charge in [0.05, 0.1) is 6.10 Å². The molecule has 2 N–H and O–H groups in total. The third-order valence-corrected chi connectivity index (χ3v) is 2.22. The number of rotatable bonds is 6. The highest BCUT2D eigenvalue weighted by atomic mass is 16.5. The molecule has 72 valence electrons. The van der Waals surface area contributed by atoms with Gasteiger partial charge in [0, 0.05) is 19.7 Å². The predicted octanol–water partition coefficient (Wildman–Crippen LogP) is 0.364. The van der Waals surface area contributed by atoms with Crippen molar-refractivity contribution in [2.75, 3.05) is 33.3 Å². The Hall–Kier alpha value is -0.120. The van der Waals surface area contributed by atoms with Crippen LogP contribution in [0, 0.1) is 0 Å². The molecule has 3 nitrogen and oxygen atoms in total. The molecule has 1 saturated heterocycles. The van der Waals surface area contributed by atoms with Gasteiger partial charge in [0.15, 0.2) is 0 Å². The Morgan fingerprint density at radius 2 is 2.25 bits per heavy atom. The average molecular weight is 172 g/mol. The van der Waals surface area contributed by atoms with Gasteiger partial charge in [-0.15, -0.1) is 0 Å². The fourth-order valence-electron chi connectivity index (χ4n) is 1.47. The van der Waals surface area contributed by atoms with Crippen LogP contribution in [0.5, 0.6) is 0 Å². The van der Waals surface area contributed by atoms with E-state index in [1.54, 1.807) is 0 Å². The third-order valence-electron chi connectivity index (χ3n) is 2.22. The number of likely N-dealkylation sites (N-methyl/N-ethyl adjacent to an activating group) is 1. The molecule has 1 rings (SSSR count). The lowest BCUT2D eigenvalue weighted by atomic mass is 10.2. The van der Waals surface area contributed by atoms with Crippen LogP contribution in [0.2, 0.25) is 0 Å². The zero-order chi connectivity index (χ0) is 8.65. The van der Waals surface area contributed by atoms with E-state index in [1.165, 1.54) is 19.3 Å². The molecule has 0 radical (unpaired) electrons. The van der Waals surface area contributed by atoms with Crippen LogP contribution in [0.15, 0.2) is 0 Å². The highest BCUT2D eigenvalue weighted by molar-refractivity contribution is 4.65. The maximum atomic E-state index is 5.50. The quantitative estimate of drug-likeness (QED) is 0.568. The summed E-state index contributed by atoms with van der Waals surface area (Å²) < 4.78 is 5.50. The number of hydrogen-bond acceptors (Lipinski definition) is 3. The lowest BCUT2D eigenvalue weighted by Gasteiger charge is -2.09. The summed E-state index contributed by atoms with van der Waals surface area (Å²) in [4.78, 5) is 0. The van der Waals surface area contributed by atoms with Gasteiger partial charge < -0.3 is 15.4 Å². The normalized spacial score (nSPS) is 23.2. The summed E-state index contributed by atoms with van der Waals surface area (Å²) in [5, 5.41) is 6.47. The highest BCUT2D eigenvalue weighted by Gasteiger charge is 2.13. The zero-order valence-electron chi connectivity index (χ0n) is 7.94. The Bertz CT molecular complexity index is 103. The number of nitrogens with one attached hydrogen (secondary N) is 2. The average Bonchev–Trinajstić information content (AvgIpc) is 2.57. The molecule has 0 amide bonds. The molecule has 1 unspecified atom stereocenters. The minimum atomic E-state index is 0.534. The second kappa shape index (κ2) is 6.40. The summed E-state index contributed by atoms with van der Waals surface area (Å²) in [5.74, 6) is 0. The van der Waals surface area contributed by atoms with Gasteiger partial charge in [0.1, 0.15) is 0 Å². The van der Waals surface area contributed by atoms with Crippen LogP contribution >= 0.6 is 0 Å². The second-order valence-corrected chi connectivity index (χ2v) is 3.28. The smallest absolute Gasteiger partial charge is 0.0588 e. The predicted molar refractivity (Wildman–Crippen MR) is 50.4 cm³/mol. The molecule has 1 fully saturated rings. The van der Waals surface area contributed by atoms with Crippen LogP contribution < -0.4 is 10.6 Å². The molecule has 1 heterocycles. The van der Waals surface area contributed by atoms with Crippen LogP contribution in [-0.2, 0) is 4.74 Å². The molecule has 0 aromatic heterocycles. The van der Waals surface area contributed by atoms with Gasteiger partial charge in [-0.25, -0.2) is 0 Å². The van der Waals surface area contributed by atoms with Crippen LogP contribution in [0.3, 0.4) is 0 Å². The molecule has 0 saturated carbocycles. The first kappa shape index (κ1) is 9.96. The van der Waals surface area contributed by atoms with Crippen molar-refractivity contribution < 1.29 is 4.74 Å². The van der Waals surface area contributed by atoms with Gasteiger partial charge in [0.2, 0.25) is 0 Å². The summed E-state index contributed by atoms with van der Waals surface area (Å²) >= 11 is 0. The summed E-state index contributed by atoms with van der Waals surface area (Å²) in [6.07, 6.45) is 4.21. The molecule has 0 aromatic carbocycles. The number of ether oxygens (including phenoxy) is 1. The molecule has 1 aliphatic rings. The molecule has 0 spiro atoms. The van der Waals surface area contributed by atoms with Crippen molar-refractivity contribution in [1.29, 1.82) is 0 Å². The van der Waals surface area contributed by atoms with E-state index in [4.69, 9.17) is 4.74 Å². The van der Waals surface area contributed by atoms with Crippen molar-refractivity contribution in [3.8, 4) is 0 Å². The second-order valence-electron chi connectivity index (χ2n) is 3.28. The largest absolute Gasteiger partial charge is 0.378 e. The molecule has 0 aliphatic carbocycles. The molecular weight excluding hydrogens is 152 g/mol. The Morgan fingerprint density at radius 3 is 2.92 bits per heavy atom. The van der Waals surface area contributed by atoms with E-state index in [9.17, 15) is 0 Å². The molecule has 0 bridgehead atoms. The van der Waals surface area contributed by atoms with E-state index in [0.717, 1.165) is 26.2 Å². The Labute approximate surface area is 74.9 Å². The molecule has 1 aliphatic heterocycles. The maximum absolute atomic E-state index is 5.50. The van der Waals surface area contributed by atoms with Gasteiger partial charge in [-0.3, -0.25) is 0 Å². The van der Waals surface area contributed by atoms with Crippen LogP contribution in [0.1, 0.15) is 19.3 Å². The molecule has 3 heteroatoms. The van der Waals surface area contributed by atoms with Gasteiger partial charge in [-0.05, 0) is 32.9 Å². The van der Waals surface area contributed by atoms with E-state index >= 15 is 0 Å². The first-order chi connectivity index (χ1) is 5.93. The van der Waals surface area contributed by atoms with E-state index in [0.29, 0.717) is 6.10 Å². The molecule has 12 heavy (non-hydrogen) atoms. The number of hydrogen-bond donors (Lipinski definition) is 2. The molecular formula is C9H20N2O. The maximum Gasteiger partial charge on any atom is 0.0588 e. The Morgan fingerprint density at radius 1 is 1.33 bits per heavy atom. The van der Waals surface area contributed by atoms with E-state index in [-0.39, 0.29) is 0 Å². The van der Waals surface area contributed by atoms with E-state index in [1.807, 2.05) is 7.05 Å². The summed E-state index contributed by atoms with van der Waals surface area (Å²) in [5.41, 5.74) is 0. The monoisotopic (exact) mass is 172 g/mol. The zero-order valence-corrected chi connectivity index (χ0v) is 7.94. The fraction of sp³-hybridized carbons (Fsp3) is 1.00. The van der Waals surface area contributed by atoms with Crippen molar-refractivity contribution in [2.45, 2.75) is 25.4 Å². The van der Waals surface area contributed by atoms with Gasteiger partial charge in [-0.2, -0.15) is 0 Å². The van der Waals surface area contributed by atoms with Crippen molar-refractivity contribution in [3.05, 3.63) is 0 Å². The van der Waals surface area contributed by atoms with Crippen molar-refractivity contribution in [2.24, 2.45) is 0 Å². The van der Waals surface area contributed by atoms with Crippen LogP contribution in [0.25, 0.3) is 0 Å². The highest BCUT2D eigenvalue weighted by Crippen LogP contribution is 2.14. The summed E-state index contributed by atoms with van der Waals surface area (Å²) in [6, 6.07) is 0. The van der Waals surface area contributed by atoms with Crippen molar-refractivity contribution in [1.82, 2.24) is 10.6 Å². The fourth-order valence-corrected chi connectivity index (χ4v) is 1.47. The van der Waals surface area contributed by atoms with Gasteiger partial charge in [-0.1, -0.05) is 0 Å². The van der Waals surface area contributed by atoms with Crippen LogP contribution in [0.4, 0.5) is 0 Å². The van der Waals surface area contributed by atoms with Crippen molar-refractivity contribution >= 4 is 0 Å². The first-order valence-corrected chi connectivity index (χ1v) is 4.90. The minimum Gasteiger partial charge on any atom is -0.378 e. The van der Waals surface area contributed by atoms with Gasteiger partial charge >= 0.3 is 0 Å². The van der Waals surface area contributed by atoms with E-state index < -0.39 is 0 Å². The third kappa shape index (κ3) is 4.04. The Kier molecular flexibility index (Phi) is 5.32. The standard InChI is InChI=1S/C9H20N2O/c1-10-6-7-11-5-4-9-3-2-8-12-9/h9-11H,2-8H2,1H3. The van der Waals surface area contributed by atoms with Crippen LogP contribution in [-0.4, -0.2) is 39.4 Å². The van der Waals surface area contributed by atoms with Gasteiger partial charge in [0.25, 0.3) is 0 Å².